The molecule has 4 heteroatoms. The summed E-state index contributed by atoms with van der Waals surface area (Å²) in [5.74, 6) is -0.231. The Morgan fingerprint density at radius 3 is 2.38 bits per heavy atom. The maximum absolute atomic E-state index is 13.1. The highest BCUT2D eigenvalue weighted by molar-refractivity contribution is 9.10. The number of anilines is 1. The van der Waals surface area contributed by atoms with Gasteiger partial charge in [-0.15, -0.1) is 0 Å². The summed E-state index contributed by atoms with van der Waals surface area (Å²) in [4.78, 5) is 2.14. The van der Waals surface area contributed by atoms with Gasteiger partial charge in [-0.3, -0.25) is 0 Å². The van der Waals surface area contributed by atoms with Crippen molar-refractivity contribution in [2.24, 2.45) is 0 Å². The van der Waals surface area contributed by atoms with E-state index in [0.29, 0.717) is 0 Å². The molecule has 0 saturated heterocycles. The van der Waals surface area contributed by atoms with E-state index in [4.69, 9.17) is 0 Å². The number of nitrogens with one attached hydrogen (secondary N) is 1. The second kappa shape index (κ2) is 7.05. The summed E-state index contributed by atoms with van der Waals surface area (Å²) in [6, 6.07) is 13.3. The van der Waals surface area contributed by atoms with Gasteiger partial charge in [0.2, 0.25) is 0 Å². The molecule has 21 heavy (non-hydrogen) atoms. The van der Waals surface area contributed by atoms with Gasteiger partial charge in [-0.2, -0.15) is 0 Å². The maximum atomic E-state index is 13.1. The monoisotopic (exact) mass is 350 g/mol. The van der Waals surface area contributed by atoms with Crippen LogP contribution >= 0.6 is 15.9 Å². The van der Waals surface area contributed by atoms with E-state index >= 15 is 0 Å². The molecule has 0 aliphatic carbocycles. The van der Waals surface area contributed by atoms with E-state index in [-0.39, 0.29) is 11.9 Å². The first-order valence-electron chi connectivity index (χ1n) is 6.91. The van der Waals surface area contributed by atoms with Crippen LogP contribution in [0, 0.1) is 5.82 Å². The minimum absolute atomic E-state index is 0.0969. The SMILES string of the molecule is CC(Nc1ccc(CN(C)C)cc1)c1ccc(F)cc1Br. The first-order chi connectivity index (χ1) is 9.95. The number of hydrogen-bond donors (Lipinski definition) is 1. The third kappa shape index (κ3) is 4.55. The van der Waals surface area contributed by atoms with Crippen molar-refractivity contribution in [3.8, 4) is 0 Å². The summed E-state index contributed by atoms with van der Waals surface area (Å²) in [5, 5.41) is 3.43. The maximum Gasteiger partial charge on any atom is 0.124 e. The van der Waals surface area contributed by atoms with Crippen LogP contribution in [0.25, 0.3) is 0 Å². The number of nitrogens with zero attached hydrogens (tertiary/aromatic N) is 1. The molecule has 0 radical (unpaired) electrons. The Bertz CT molecular complexity index is 596. The highest BCUT2D eigenvalue weighted by Crippen LogP contribution is 2.27. The van der Waals surface area contributed by atoms with E-state index in [2.05, 4.69) is 71.4 Å². The van der Waals surface area contributed by atoms with Crippen LogP contribution in [0.15, 0.2) is 46.9 Å². The Balaban J connectivity index is 2.06. The van der Waals surface area contributed by atoms with Crippen LogP contribution in [-0.2, 0) is 6.54 Å². The molecular formula is C17H20BrFN2. The van der Waals surface area contributed by atoms with Crippen LogP contribution in [0.5, 0.6) is 0 Å². The van der Waals surface area contributed by atoms with Gasteiger partial charge < -0.3 is 10.2 Å². The zero-order valence-electron chi connectivity index (χ0n) is 12.5. The molecule has 0 saturated carbocycles. The molecule has 1 atom stereocenters. The number of halogens is 2. The van der Waals surface area contributed by atoms with Gasteiger partial charge in [0.1, 0.15) is 5.82 Å². The minimum Gasteiger partial charge on any atom is -0.378 e. The third-order valence-corrected chi connectivity index (χ3v) is 3.95. The molecule has 2 rings (SSSR count). The second-order valence-electron chi connectivity index (χ2n) is 5.47. The van der Waals surface area contributed by atoms with Gasteiger partial charge in [0.15, 0.2) is 0 Å². The first-order valence-corrected chi connectivity index (χ1v) is 7.70. The molecule has 112 valence electrons. The minimum atomic E-state index is -0.231. The summed E-state index contributed by atoms with van der Waals surface area (Å²) in [6.07, 6.45) is 0. The Morgan fingerprint density at radius 1 is 1.14 bits per heavy atom. The summed E-state index contributed by atoms with van der Waals surface area (Å²) in [5.41, 5.74) is 3.37. The van der Waals surface area contributed by atoms with Crippen molar-refractivity contribution in [1.82, 2.24) is 4.90 Å². The Kier molecular flexibility index (Phi) is 5.37. The van der Waals surface area contributed by atoms with Crippen LogP contribution in [0.3, 0.4) is 0 Å². The fourth-order valence-electron chi connectivity index (χ4n) is 2.25. The predicted octanol–water partition coefficient (Wildman–Crippen LogP) is 4.82. The van der Waals surface area contributed by atoms with Crippen molar-refractivity contribution < 1.29 is 4.39 Å². The fraction of sp³-hybridized carbons (Fsp3) is 0.294. The molecule has 2 nitrogen and oxygen atoms in total. The number of hydrogen-bond acceptors (Lipinski definition) is 2. The highest BCUT2D eigenvalue weighted by atomic mass is 79.9. The third-order valence-electron chi connectivity index (χ3n) is 3.26. The lowest BCUT2D eigenvalue weighted by Gasteiger charge is -2.18. The van der Waals surface area contributed by atoms with Crippen molar-refractivity contribution in [3.05, 3.63) is 63.9 Å². The lowest BCUT2D eigenvalue weighted by atomic mass is 10.1. The van der Waals surface area contributed by atoms with Crippen LogP contribution in [-0.4, -0.2) is 19.0 Å². The van der Waals surface area contributed by atoms with Gasteiger partial charge in [0.05, 0.1) is 0 Å². The van der Waals surface area contributed by atoms with Crippen molar-refractivity contribution in [1.29, 1.82) is 0 Å². The van der Waals surface area contributed by atoms with E-state index in [1.54, 1.807) is 6.07 Å². The number of rotatable bonds is 5. The Labute approximate surface area is 134 Å². The molecule has 1 unspecified atom stereocenters. The van der Waals surface area contributed by atoms with Crippen LogP contribution < -0.4 is 5.32 Å². The number of benzene rings is 2. The van der Waals surface area contributed by atoms with E-state index in [0.717, 1.165) is 22.3 Å². The molecule has 2 aromatic rings. The predicted molar refractivity (Wildman–Crippen MR) is 90.0 cm³/mol. The summed E-state index contributed by atoms with van der Waals surface area (Å²) >= 11 is 3.41. The molecule has 0 heterocycles. The standard InChI is InChI=1S/C17H20BrFN2/c1-12(16-9-6-14(19)10-17(16)18)20-15-7-4-13(5-8-15)11-21(2)3/h4-10,12,20H,11H2,1-3H3. The molecular weight excluding hydrogens is 331 g/mol. The summed E-state index contributed by atoms with van der Waals surface area (Å²) < 4.78 is 13.9. The molecule has 0 amide bonds. The quantitative estimate of drug-likeness (QED) is 0.831. The Hall–Kier alpha value is -1.39. The lowest BCUT2D eigenvalue weighted by Crippen LogP contribution is -2.11. The molecule has 1 N–H and O–H groups in total. The van der Waals surface area contributed by atoms with Crippen molar-refractivity contribution in [2.45, 2.75) is 19.5 Å². The Morgan fingerprint density at radius 2 is 1.81 bits per heavy atom. The van der Waals surface area contributed by atoms with Crippen molar-refractivity contribution in [2.75, 3.05) is 19.4 Å². The molecule has 0 fully saturated rings. The zero-order valence-corrected chi connectivity index (χ0v) is 14.1. The molecule has 0 aliphatic heterocycles. The molecule has 0 aliphatic rings. The van der Waals surface area contributed by atoms with Gasteiger partial charge in [0, 0.05) is 22.7 Å². The van der Waals surface area contributed by atoms with E-state index in [1.807, 2.05) is 0 Å². The van der Waals surface area contributed by atoms with Gasteiger partial charge in [-0.05, 0) is 56.4 Å². The normalized spacial score (nSPS) is 12.5. The average molecular weight is 351 g/mol. The smallest absolute Gasteiger partial charge is 0.124 e. The average Bonchev–Trinajstić information content (AvgIpc) is 2.40. The highest BCUT2D eigenvalue weighted by Gasteiger charge is 2.10. The van der Waals surface area contributed by atoms with Crippen molar-refractivity contribution >= 4 is 21.6 Å². The zero-order chi connectivity index (χ0) is 15.4. The van der Waals surface area contributed by atoms with E-state index < -0.39 is 0 Å². The van der Waals surface area contributed by atoms with Crippen LogP contribution in [0.4, 0.5) is 10.1 Å². The van der Waals surface area contributed by atoms with Gasteiger partial charge >= 0.3 is 0 Å². The second-order valence-corrected chi connectivity index (χ2v) is 6.32. The topological polar surface area (TPSA) is 15.3 Å². The molecule has 0 spiro atoms. The van der Waals surface area contributed by atoms with Gasteiger partial charge in [0.25, 0.3) is 0 Å². The van der Waals surface area contributed by atoms with Crippen LogP contribution in [0.1, 0.15) is 24.1 Å². The molecule has 0 bridgehead atoms. The summed E-state index contributed by atoms with van der Waals surface area (Å²) in [6.45, 7) is 2.99. The largest absolute Gasteiger partial charge is 0.378 e. The van der Waals surface area contributed by atoms with Gasteiger partial charge in [-0.25, -0.2) is 4.39 Å². The van der Waals surface area contributed by atoms with E-state index in [9.17, 15) is 4.39 Å². The molecule has 0 aromatic heterocycles. The first kappa shape index (κ1) is 16.0. The van der Waals surface area contributed by atoms with E-state index in [1.165, 1.54) is 17.7 Å². The molecule has 2 aromatic carbocycles. The van der Waals surface area contributed by atoms with Crippen molar-refractivity contribution in [3.63, 3.8) is 0 Å². The summed E-state index contributed by atoms with van der Waals surface area (Å²) in [7, 11) is 4.11. The lowest BCUT2D eigenvalue weighted by molar-refractivity contribution is 0.402. The van der Waals surface area contributed by atoms with Crippen LogP contribution in [0.2, 0.25) is 0 Å². The fourth-order valence-corrected chi connectivity index (χ4v) is 2.95. The van der Waals surface area contributed by atoms with Gasteiger partial charge in [-0.1, -0.05) is 34.1 Å².